The topological polar surface area (TPSA) is 64.6 Å². The molecule has 2 aliphatic rings. The van der Waals surface area contributed by atoms with Crippen molar-refractivity contribution in [2.24, 2.45) is 0 Å². The molecule has 1 amide bonds. The molecular weight excluding hydrogens is 294 g/mol. The Balaban J connectivity index is 1.61. The third kappa shape index (κ3) is 3.79. The summed E-state index contributed by atoms with van der Waals surface area (Å²) in [6, 6.07) is 6.93. The fraction of sp³-hybridized carbons (Fsp3) is 0.556. The molecule has 0 bridgehead atoms. The quantitative estimate of drug-likeness (QED) is 0.869. The van der Waals surface area contributed by atoms with Gasteiger partial charge in [0.2, 0.25) is 0 Å². The fourth-order valence-corrected chi connectivity index (χ4v) is 3.37. The van der Waals surface area contributed by atoms with Crippen molar-refractivity contribution < 1.29 is 19.1 Å². The van der Waals surface area contributed by atoms with Crippen molar-refractivity contribution in [3.63, 3.8) is 0 Å². The van der Waals surface area contributed by atoms with Gasteiger partial charge in [-0.3, -0.25) is 9.59 Å². The number of ketones is 1. The molecule has 1 spiro atoms. The minimum absolute atomic E-state index is 0.00264. The van der Waals surface area contributed by atoms with E-state index in [4.69, 9.17) is 9.47 Å². The van der Waals surface area contributed by atoms with Crippen LogP contribution in [0, 0.1) is 0 Å². The van der Waals surface area contributed by atoms with E-state index in [1.807, 2.05) is 0 Å². The summed E-state index contributed by atoms with van der Waals surface area (Å²) in [5.41, 5.74) is 1.07. The molecule has 0 saturated carbocycles. The molecule has 1 aromatic rings. The Morgan fingerprint density at radius 3 is 2.39 bits per heavy atom. The highest BCUT2D eigenvalue weighted by atomic mass is 16.5. The molecule has 5 heteroatoms. The second-order valence-electron chi connectivity index (χ2n) is 6.44. The van der Waals surface area contributed by atoms with Gasteiger partial charge in [-0.05, 0) is 44.7 Å². The van der Waals surface area contributed by atoms with Crippen LogP contribution in [0.2, 0.25) is 0 Å². The molecule has 2 fully saturated rings. The van der Waals surface area contributed by atoms with E-state index in [1.165, 1.54) is 6.92 Å². The molecule has 2 aliphatic heterocycles. The highest BCUT2D eigenvalue weighted by molar-refractivity contribution is 5.97. The Kier molecular flexibility index (Phi) is 4.78. The van der Waals surface area contributed by atoms with Crippen LogP contribution < -0.4 is 5.32 Å². The molecule has 0 aromatic heterocycles. The maximum absolute atomic E-state index is 12.4. The van der Waals surface area contributed by atoms with E-state index in [0.717, 1.165) is 38.9 Å². The van der Waals surface area contributed by atoms with Crippen molar-refractivity contribution in [1.82, 2.24) is 5.32 Å². The lowest BCUT2D eigenvalue weighted by Crippen LogP contribution is -2.51. The van der Waals surface area contributed by atoms with Crippen molar-refractivity contribution >= 4 is 11.7 Å². The zero-order valence-corrected chi connectivity index (χ0v) is 13.5. The molecule has 2 saturated heterocycles. The van der Waals surface area contributed by atoms with E-state index in [1.54, 1.807) is 24.3 Å². The fourth-order valence-electron chi connectivity index (χ4n) is 3.37. The largest absolute Gasteiger partial charge is 0.381 e. The molecule has 0 radical (unpaired) electrons. The molecule has 0 unspecified atom stereocenters. The average molecular weight is 317 g/mol. The summed E-state index contributed by atoms with van der Waals surface area (Å²) >= 11 is 0. The standard InChI is InChI=1S/C18H23NO4/c1-13(20)14-2-4-15(5-3-14)17(21)19-16-6-9-23-18(12-16)7-10-22-11-8-18/h2-5,16H,6-12H2,1H3,(H,19,21)/t16-/m1/s1. The normalized spacial score (nSPS) is 23.4. The summed E-state index contributed by atoms with van der Waals surface area (Å²) in [6.45, 7) is 3.65. The van der Waals surface area contributed by atoms with Crippen molar-refractivity contribution in [2.75, 3.05) is 19.8 Å². The maximum Gasteiger partial charge on any atom is 0.251 e. The number of benzene rings is 1. The monoisotopic (exact) mass is 317 g/mol. The number of nitrogens with one attached hydrogen (secondary N) is 1. The molecule has 1 atom stereocenters. The van der Waals surface area contributed by atoms with Gasteiger partial charge < -0.3 is 14.8 Å². The second kappa shape index (κ2) is 6.81. The van der Waals surface area contributed by atoms with E-state index in [2.05, 4.69) is 5.32 Å². The van der Waals surface area contributed by atoms with Crippen LogP contribution in [0.3, 0.4) is 0 Å². The first kappa shape index (κ1) is 16.1. The number of Topliss-reactive ketones (excluding diaryl/α,β-unsaturated/α-hetero) is 1. The molecule has 1 N–H and O–H groups in total. The molecule has 3 rings (SSSR count). The SMILES string of the molecule is CC(=O)c1ccc(C(=O)N[C@@H]2CCOC3(CCOCC3)C2)cc1. The molecular formula is C18H23NO4. The van der Waals surface area contributed by atoms with Crippen LogP contribution in [0.25, 0.3) is 0 Å². The van der Waals surface area contributed by atoms with Crippen molar-refractivity contribution in [3.8, 4) is 0 Å². The minimum atomic E-state index is -0.132. The van der Waals surface area contributed by atoms with Crippen LogP contribution in [-0.4, -0.2) is 43.2 Å². The van der Waals surface area contributed by atoms with E-state index in [9.17, 15) is 9.59 Å². The van der Waals surface area contributed by atoms with Gasteiger partial charge in [-0.15, -0.1) is 0 Å². The Labute approximate surface area is 136 Å². The highest BCUT2D eigenvalue weighted by Gasteiger charge is 2.39. The zero-order chi connectivity index (χ0) is 16.3. The van der Waals surface area contributed by atoms with Gasteiger partial charge in [-0.2, -0.15) is 0 Å². The first-order valence-corrected chi connectivity index (χ1v) is 8.22. The number of carbonyl (C=O) groups excluding carboxylic acids is 2. The van der Waals surface area contributed by atoms with Crippen LogP contribution in [-0.2, 0) is 9.47 Å². The molecule has 23 heavy (non-hydrogen) atoms. The Hall–Kier alpha value is -1.72. The number of amides is 1. The third-order valence-corrected chi connectivity index (χ3v) is 4.79. The predicted octanol–water partition coefficient (Wildman–Crippen LogP) is 2.35. The predicted molar refractivity (Wildman–Crippen MR) is 85.7 cm³/mol. The van der Waals surface area contributed by atoms with Gasteiger partial charge in [-0.25, -0.2) is 0 Å². The van der Waals surface area contributed by atoms with Crippen LogP contribution in [0.15, 0.2) is 24.3 Å². The van der Waals surface area contributed by atoms with Crippen LogP contribution in [0.1, 0.15) is 53.3 Å². The van der Waals surface area contributed by atoms with Crippen molar-refractivity contribution in [1.29, 1.82) is 0 Å². The Morgan fingerprint density at radius 2 is 1.74 bits per heavy atom. The van der Waals surface area contributed by atoms with Gasteiger partial charge in [0.1, 0.15) is 0 Å². The first-order valence-electron chi connectivity index (χ1n) is 8.22. The van der Waals surface area contributed by atoms with Crippen LogP contribution in [0.5, 0.6) is 0 Å². The third-order valence-electron chi connectivity index (χ3n) is 4.79. The van der Waals surface area contributed by atoms with E-state index < -0.39 is 0 Å². The van der Waals surface area contributed by atoms with Crippen molar-refractivity contribution in [2.45, 2.75) is 44.2 Å². The van der Waals surface area contributed by atoms with Gasteiger partial charge in [0, 0.05) is 37.0 Å². The molecule has 1 aromatic carbocycles. The highest BCUT2D eigenvalue weighted by Crippen LogP contribution is 2.34. The summed E-state index contributed by atoms with van der Waals surface area (Å²) in [5, 5.41) is 3.11. The number of ether oxygens (including phenoxy) is 2. The molecule has 5 nitrogen and oxygen atoms in total. The van der Waals surface area contributed by atoms with Gasteiger partial charge in [0.15, 0.2) is 5.78 Å². The summed E-state index contributed by atoms with van der Waals surface area (Å²) in [6.07, 6.45) is 3.47. The molecule has 2 heterocycles. The smallest absolute Gasteiger partial charge is 0.251 e. The summed E-state index contributed by atoms with van der Waals surface area (Å²) < 4.78 is 11.4. The van der Waals surface area contributed by atoms with E-state index in [0.29, 0.717) is 17.7 Å². The van der Waals surface area contributed by atoms with E-state index >= 15 is 0 Å². The first-order chi connectivity index (χ1) is 11.1. The van der Waals surface area contributed by atoms with Gasteiger partial charge >= 0.3 is 0 Å². The van der Waals surface area contributed by atoms with Gasteiger partial charge in [0.05, 0.1) is 5.60 Å². The number of rotatable bonds is 3. The van der Waals surface area contributed by atoms with Crippen LogP contribution >= 0.6 is 0 Å². The summed E-state index contributed by atoms with van der Waals surface area (Å²) in [5.74, 6) is -0.0861. The Morgan fingerprint density at radius 1 is 1.09 bits per heavy atom. The Bertz CT molecular complexity index is 570. The maximum atomic E-state index is 12.4. The summed E-state index contributed by atoms with van der Waals surface area (Å²) in [4.78, 5) is 23.7. The zero-order valence-electron chi connectivity index (χ0n) is 13.5. The van der Waals surface area contributed by atoms with Crippen LogP contribution in [0.4, 0.5) is 0 Å². The van der Waals surface area contributed by atoms with Crippen molar-refractivity contribution in [3.05, 3.63) is 35.4 Å². The summed E-state index contributed by atoms with van der Waals surface area (Å²) in [7, 11) is 0. The van der Waals surface area contributed by atoms with E-state index in [-0.39, 0.29) is 23.3 Å². The minimum Gasteiger partial charge on any atom is -0.381 e. The molecule has 0 aliphatic carbocycles. The number of hydrogen-bond donors (Lipinski definition) is 1. The lowest BCUT2D eigenvalue weighted by molar-refractivity contribution is -0.139. The number of carbonyl (C=O) groups is 2. The number of hydrogen-bond acceptors (Lipinski definition) is 4. The lowest BCUT2D eigenvalue weighted by atomic mass is 9.84. The molecule has 124 valence electrons. The van der Waals surface area contributed by atoms with Gasteiger partial charge in [0.25, 0.3) is 5.91 Å². The second-order valence-corrected chi connectivity index (χ2v) is 6.44. The average Bonchev–Trinajstić information content (AvgIpc) is 2.55. The lowest BCUT2D eigenvalue weighted by Gasteiger charge is -2.43. The van der Waals surface area contributed by atoms with Gasteiger partial charge in [-0.1, -0.05) is 12.1 Å².